The Hall–Kier alpha value is -2.82. The lowest BCUT2D eigenvalue weighted by Gasteiger charge is -2.22. The molecule has 0 aromatic heterocycles. The van der Waals surface area contributed by atoms with Gasteiger partial charge < -0.3 is 15.0 Å². The Kier molecular flexibility index (Phi) is 6.39. The number of methoxy groups -OCH3 is 1. The second-order valence-corrected chi connectivity index (χ2v) is 6.55. The summed E-state index contributed by atoms with van der Waals surface area (Å²) in [5.74, 6) is 0.476. The van der Waals surface area contributed by atoms with Gasteiger partial charge in [-0.15, -0.1) is 0 Å². The van der Waals surface area contributed by atoms with Crippen LogP contribution in [0.2, 0.25) is 0 Å². The standard InChI is InChI=1S/C21H26N2O3/c1-14(2)19-11-6-8-15(3)21(19)22-20(25)13-23(16(4)24)17-9-7-10-18(12-17)26-5/h6-12,14H,13H2,1-5H3,(H,22,25). The van der Waals surface area contributed by atoms with Gasteiger partial charge in [0, 0.05) is 24.4 Å². The molecule has 0 heterocycles. The quantitative estimate of drug-likeness (QED) is 0.849. The van der Waals surface area contributed by atoms with Crippen molar-refractivity contribution in [2.75, 3.05) is 23.9 Å². The number of aryl methyl sites for hydroxylation is 1. The molecule has 1 N–H and O–H groups in total. The van der Waals surface area contributed by atoms with E-state index in [9.17, 15) is 9.59 Å². The molecule has 2 amide bonds. The Morgan fingerprint density at radius 3 is 2.46 bits per heavy atom. The van der Waals surface area contributed by atoms with Gasteiger partial charge in [-0.2, -0.15) is 0 Å². The number of rotatable bonds is 6. The van der Waals surface area contributed by atoms with E-state index in [4.69, 9.17) is 4.74 Å². The van der Waals surface area contributed by atoms with Gasteiger partial charge in [0.1, 0.15) is 12.3 Å². The number of ether oxygens (including phenoxy) is 1. The number of carbonyl (C=O) groups excluding carboxylic acids is 2. The minimum absolute atomic E-state index is 0.0611. The van der Waals surface area contributed by atoms with Gasteiger partial charge in [-0.3, -0.25) is 9.59 Å². The smallest absolute Gasteiger partial charge is 0.244 e. The van der Waals surface area contributed by atoms with Crippen LogP contribution in [0.3, 0.4) is 0 Å². The summed E-state index contributed by atoms with van der Waals surface area (Å²) < 4.78 is 5.20. The second-order valence-electron chi connectivity index (χ2n) is 6.55. The van der Waals surface area contributed by atoms with Crippen LogP contribution in [0.5, 0.6) is 5.75 Å². The molecule has 0 unspecified atom stereocenters. The van der Waals surface area contributed by atoms with Crippen molar-refractivity contribution in [1.82, 2.24) is 0 Å². The molecule has 0 atom stereocenters. The Morgan fingerprint density at radius 1 is 1.15 bits per heavy atom. The summed E-state index contributed by atoms with van der Waals surface area (Å²) >= 11 is 0. The topological polar surface area (TPSA) is 58.6 Å². The summed E-state index contributed by atoms with van der Waals surface area (Å²) in [6, 6.07) is 13.1. The van der Waals surface area contributed by atoms with Gasteiger partial charge in [-0.05, 0) is 36.1 Å². The molecule has 2 aromatic carbocycles. The highest BCUT2D eigenvalue weighted by Gasteiger charge is 2.18. The van der Waals surface area contributed by atoms with Crippen LogP contribution < -0.4 is 15.0 Å². The van der Waals surface area contributed by atoms with E-state index in [0.717, 1.165) is 16.8 Å². The molecular weight excluding hydrogens is 328 g/mol. The van der Waals surface area contributed by atoms with E-state index < -0.39 is 0 Å². The van der Waals surface area contributed by atoms with Crippen LogP contribution in [0.15, 0.2) is 42.5 Å². The number of hydrogen-bond acceptors (Lipinski definition) is 3. The first-order valence-electron chi connectivity index (χ1n) is 8.65. The monoisotopic (exact) mass is 354 g/mol. The Bertz CT molecular complexity index is 800. The molecule has 0 spiro atoms. The molecule has 0 aliphatic heterocycles. The zero-order valence-corrected chi connectivity index (χ0v) is 16.0. The predicted octanol–water partition coefficient (Wildman–Crippen LogP) is 4.12. The summed E-state index contributed by atoms with van der Waals surface area (Å²) in [6.07, 6.45) is 0. The first-order chi connectivity index (χ1) is 12.3. The summed E-state index contributed by atoms with van der Waals surface area (Å²) in [5.41, 5.74) is 3.52. The molecule has 2 aromatic rings. The van der Waals surface area contributed by atoms with Crippen LogP contribution >= 0.6 is 0 Å². The van der Waals surface area contributed by atoms with E-state index >= 15 is 0 Å². The zero-order chi connectivity index (χ0) is 19.3. The largest absolute Gasteiger partial charge is 0.497 e. The number of nitrogens with zero attached hydrogens (tertiary/aromatic N) is 1. The highest BCUT2D eigenvalue weighted by Crippen LogP contribution is 2.27. The SMILES string of the molecule is COc1cccc(N(CC(=O)Nc2c(C)cccc2C(C)C)C(C)=O)c1. The lowest BCUT2D eigenvalue weighted by atomic mass is 9.98. The van der Waals surface area contributed by atoms with Gasteiger partial charge in [-0.25, -0.2) is 0 Å². The second kappa shape index (κ2) is 8.52. The highest BCUT2D eigenvalue weighted by molar-refractivity contribution is 6.02. The number of para-hydroxylation sites is 1. The molecule has 2 rings (SSSR count). The molecule has 0 saturated heterocycles. The number of anilines is 2. The van der Waals surface area contributed by atoms with Crippen molar-refractivity contribution < 1.29 is 14.3 Å². The van der Waals surface area contributed by atoms with Crippen LogP contribution in [-0.2, 0) is 9.59 Å². The molecule has 0 aliphatic carbocycles. The van der Waals surface area contributed by atoms with Gasteiger partial charge >= 0.3 is 0 Å². The highest BCUT2D eigenvalue weighted by atomic mass is 16.5. The molecular formula is C21H26N2O3. The van der Waals surface area contributed by atoms with Crippen LogP contribution in [0.25, 0.3) is 0 Å². The Labute approximate surface area is 155 Å². The lowest BCUT2D eigenvalue weighted by molar-refractivity contribution is -0.120. The van der Waals surface area contributed by atoms with Crippen molar-refractivity contribution in [2.24, 2.45) is 0 Å². The normalized spacial score (nSPS) is 10.5. The van der Waals surface area contributed by atoms with Gasteiger partial charge in [0.05, 0.1) is 7.11 Å². The molecule has 138 valence electrons. The van der Waals surface area contributed by atoms with E-state index in [1.807, 2.05) is 25.1 Å². The van der Waals surface area contributed by atoms with Crippen molar-refractivity contribution in [2.45, 2.75) is 33.6 Å². The minimum atomic E-state index is -0.237. The van der Waals surface area contributed by atoms with E-state index in [2.05, 4.69) is 19.2 Å². The maximum Gasteiger partial charge on any atom is 0.244 e. The predicted molar refractivity (Wildman–Crippen MR) is 105 cm³/mol. The van der Waals surface area contributed by atoms with Crippen LogP contribution in [0.1, 0.15) is 37.8 Å². The number of carbonyl (C=O) groups is 2. The van der Waals surface area contributed by atoms with Gasteiger partial charge in [0.15, 0.2) is 0 Å². The fourth-order valence-electron chi connectivity index (χ4n) is 2.83. The summed E-state index contributed by atoms with van der Waals surface area (Å²) in [6.45, 7) is 7.52. The Morgan fingerprint density at radius 2 is 1.85 bits per heavy atom. The van der Waals surface area contributed by atoms with Gasteiger partial charge in [-0.1, -0.05) is 38.1 Å². The molecule has 0 aliphatic rings. The molecule has 0 bridgehead atoms. The van der Waals surface area contributed by atoms with Crippen molar-refractivity contribution in [3.8, 4) is 5.75 Å². The minimum Gasteiger partial charge on any atom is -0.497 e. The first kappa shape index (κ1) is 19.5. The van der Waals surface area contributed by atoms with Crippen LogP contribution in [-0.4, -0.2) is 25.5 Å². The number of hydrogen-bond donors (Lipinski definition) is 1. The third-order valence-corrected chi connectivity index (χ3v) is 4.24. The zero-order valence-electron chi connectivity index (χ0n) is 16.0. The molecule has 0 radical (unpaired) electrons. The number of nitrogens with one attached hydrogen (secondary N) is 1. The molecule has 26 heavy (non-hydrogen) atoms. The van der Waals surface area contributed by atoms with Crippen molar-refractivity contribution in [3.63, 3.8) is 0 Å². The third kappa shape index (κ3) is 4.63. The first-order valence-corrected chi connectivity index (χ1v) is 8.65. The molecule has 0 fully saturated rings. The fourth-order valence-corrected chi connectivity index (χ4v) is 2.83. The summed E-state index contributed by atoms with van der Waals surface area (Å²) in [4.78, 5) is 26.2. The van der Waals surface area contributed by atoms with E-state index in [0.29, 0.717) is 11.4 Å². The number of amides is 2. The van der Waals surface area contributed by atoms with E-state index in [-0.39, 0.29) is 24.3 Å². The fraction of sp³-hybridized carbons (Fsp3) is 0.333. The van der Waals surface area contributed by atoms with Crippen molar-refractivity contribution in [3.05, 3.63) is 53.6 Å². The van der Waals surface area contributed by atoms with Crippen molar-refractivity contribution >= 4 is 23.2 Å². The van der Waals surface area contributed by atoms with Crippen LogP contribution in [0, 0.1) is 6.92 Å². The van der Waals surface area contributed by atoms with E-state index in [1.54, 1.807) is 31.4 Å². The molecule has 5 nitrogen and oxygen atoms in total. The maximum atomic E-state index is 12.6. The average molecular weight is 354 g/mol. The van der Waals surface area contributed by atoms with Gasteiger partial charge in [0.25, 0.3) is 0 Å². The average Bonchev–Trinajstić information content (AvgIpc) is 2.61. The summed E-state index contributed by atoms with van der Waals surface area (Å²) in [7, 11) is 1.57. The third-order valence-electron chi connectivity index (χ3n) is 4.24. The maximum absolute atomic E-state index is 12.6. The summed E-state index contributed by atoms with van der Waals surface area (Å²) in [5, 5.41) is 2.98. The lowest BCUT2D eigenvalue weighted by Crippen LogP contribution is -2.37. The van der Waals surface area contributed by atoms with Crippen molar-refractivity contribution in [1.29, 1.82) is 0 Å². The van der Waals surface area contributed by atoms with Crippen LogP contribution in [0.4, 0.5) is 11.4 Å². The van der Waals surface area contributed by atoms with E-state index in [1.165, 1.54) is 11.8 Å². The Balaban J connectivity index is 2.23. The molecule has 0 saturated carbocycles. The van der Waals surface area contributed by atoms with Gasteiger partial charge in [0.2, 0.25) is 11.8 Å². The molecule has 5 heteroatoms. The number of benzene rings is 2.